The molecule has 0 spiro atoms. The summed E-state index contributed by atoms with van der Waals surface area (Å²) in [6.45, 7) is 5.32. The van der Waals surface area contributed by atoms with Crippen LogP contribution in [0.2, 0.25) is 0 Å². The van der Waals surface area contributed by atoms with E-state index in [9.17, 15) is 9.59 Å². The summed E-state index contributed by atoms with van der Waals surface area (Å²) in [5, 5.41) is 2.80. The van der Waals surface area contributed by atoms with Gasteiger partial charge in [-0.05, 0) is 36.6 Å². The lowest BCUT2D eigenvalue weighted by molar-refractivity contribution is -0.121. The second kappa shape index (κ2) is 8.42. The zero-order chi connectivity index (χ0) is 15.8. The van der Waals surface area contributed by atoms with Crippen molar-refractivity contribution >= 4 is 11.8 Å². The lowest BCUT2D eigenvalue weighted by Crippen LogP contribution is -2.39. The SMILES string of the molecule is CC(C)CNC(=O)CN(C)C(=O)c1ccc(CCN)cc1. The summed E-state index contributed by atoms with van der Waals surface area (Å²) in [4.78, 5) is 25.3. The van der Waals surface area contributed by atoms with Crippen molar-refractivity contribution in [2.24, 2.45) is 11.7 Å². The molecule has 0 radical (unpaired) electrons. The summed E-state index contributed by atoms with van der Waals surface area (Å²) in [6.07, 6.45) is 0.794. The number of nitrogens with two attached hydrogens (primary N) is 1. The van der Waals surface area contributed by atoms with Gasteiger partial charge in [0.1, 0.15) is 0 Å². The Bertz CT molecular complexity index is 469. The van der Waals surface area contributed by atoms with E-state index in [-0.39, 0.29) is 18.4 Å². The van der Waals surface area contributed by atoms with Crippen LogP contribution in [-0.2, 0) is 11.2 Å². The number of likely N-dealkylation sites (N-methyl/N-ethyl adjacent to an activating group) is 1. The molecule has 0 atom stereocenters. The molecule has 0 heterocycles. The fraction of sp³-hybridized carbons (Fsp3) is 0.500. The van der Waals surface area contributed by atoms with Gasteiger partial charge in [0.05, 0.1) is 6.54 Å². The van der Waals surface area contributed by atoms with Crippen LogP contribution in [0.1, 0.15) is 29.8 Å². The predicted octanol–water partition coefficient (Wildman–Crippen LogP) is 1.03. The van der Waals surface area contributed by atoms with Crippen LogP contribution in [0, 0.1) is 5.92 Å². The lowest BCUT2D eigenvalue weighted by Gasteiger charge is -2.17. The number of amides is 2. The second-order valence-electron chi connectivity index (χ2n) is 5.59. The molecule has 116 valence electrons. The molecule has 21 heavy (non-hydrogen) atoms. The van der Waals surface area contributed by atoms with Gasteiger partial charge in [0, 0.05) is 19.2 Å². The molecule has 0 fully saturated rings. The Labute approximate surface area is 126 Å². The van der Waals surface area contributed by atoms with E-state index in [0.29, 0.717) is 24.6 Å². The van der Waals surface area contributed by atoms with E-state index in [2.05, 4.69) is 5.32 Å². The highest BCUT2D eigenvalue weighted by atomic mass is 16.2. The zero-order valence-electron chi connectivity index (χ0n) is 13.1. The van der Waals surface area contributed by atoms with Crippen molar-refractivity contribution in [3.8, 4) is 0 Å². The molecule has 1 rings (SSSR count). The molecule has 0 aromatic heterocycles. The van der Waals surface area contributed by atoms with Crippen LogP contribution in [0.4, 0.5) is 0 Å². The summed E-state index contributed by atoms with van der Waals surface area (Å²) < 4.78 is 0. The highest BCUT2D eigenvalue weighted by Gasteiger charge is 2.14. The molecule has 0 unspecified atom stereocenters. The molecule has 0 saturated carbocycles. The van der Waals surface area contributed by atoms with Crippen molar-refractivity contribution in [3.05, 3.63) is 35.4 Å². The van der Waals surface area contributed by atoms with E-state index < -0.39 is 0 Å². The largest absolute Gasteiger partial charge is 0.354 e. The molecule has 0 aliphatic heterocycles. The Hall–Kier alpha value is -1.88. The van der Waals surface area contributed by atoms with Gasteiger partial charge in [-0.3, -0.25) is 9.59 Å². The summed E-state index contributed by atoms with van der Waals surface area (Å²) in [6, 6.07) is 7.34. The topological polar surface area (TPSA) is 75.4 Å². The fourth-order valence-electron chi connectivity index (χ4n) is 1.86. The Morgan fingerprint density at radius 2 is 1.86 bits per heavy atom. The third kappa shape index (κ3) is 5.95. The van der Waals surface area contributed by atoms with Crippen LogP contribution in [-0.4, -0.2) is 43.4 Å². The molecule has 0 bridgehead atoms. The molecule has 1 aromatic carbocycles. The van der Waals surface area contributed by atoms with Crippen LogP contribution in [0.25, 0.3) is 0 Å². The third-order valence-electron chi connectivity index (χ3n) is 3.07. The molecule has 0 aliphatic carbocycles. The van der Waals surface area contributed by atoms with Crippen molar-refractivity contribution < 1.29 is 9.59 Å². The number of rotatable bonds is 7. The number of carbonyl (C=O) groups is 2. The van der Waals surface area contributed by atoms with Crippen LogP contribution >= 0.6 is 0 Å². The van der Waals surface area contributed by atoms with Crippen LogP contribution in [0.3, 0.4) is 0 Å². The molecule has 0 saturated heterocycles. The van der Waals surface area contributed by atoms with Gasteiger partial charge in [0.25, 0.3) is 5.91 Å². The van der Waals surface area contributed by atoms with Gasteiger partial charge in [-0.1, -0.05) is 26.0 Å². The summed E-state index contributed by atoms with van der Waals surface area (Å²) in [7, 11) is 1.63. The van der Waals surface area contributed by atoms with Gasteiger partial charge < -0.3 is 16.0 Å². The quantitative estimate of drug-likeness (QED) is 0.788. The lowest BCUT2D eigenvalue weighted by atomic mass is 10.1. The number of hydrogen-bond donors (Lipinski definition) is 2. The molecular formula is C16H25N3O2. The molecule has 0 aliphatic rings. The minimum absolute atomic E-state index is 0.0656. The molecule has 5 nitrogen and oxygen atoms in total. The molecule has 1 aromatic rings. The average Bonchev–Trinajstić information content (AvgIpc) is 2.45. The van der Waals surface area contributed by atoms with Crippen molar-refractivity contribution in [3.63, 3.8) is 0 Å². The van der Waals surface area contributed by atoms with Crippen LogP contribution < -0.4 is 11.1 Å². The molecule has 3 N–H and O–H groups in total. The maximum atomic E-state index is 12.2. The number of benzene rings is 1. The van der Waals surface area contributed by atoms with Crippen molar-refractivity contribution in [1.82, 2.24) is 10.2 Å². The highest BCUT2D eigenvalue weighted by molar-refractivity contribution is 5.96. The summed E-state index contributed by atoms with van der Waals surface area (Å²) in [5.41, 5.74) is 7.17. The van der Waals surface area contributed by atoms with Crippen molar-refractivity contribution in [2.45, 2.75) is 20.3 Å². The molecule has 2 amide bonds. The smallest absolute Gasteiger partial charge is 0.254 e. The average molecular weight is 291 g/mol. The minimum Gasteiger partial charge on any atom is -0.354 e. The Kier molecular flexibility index (Phi) is 6.88. The van der Waals surface area contributed by atoms with Gasteiger partial charge in [0.15, 0.2) is 0 Å². The first-order valence-corrected chi connectivity index (χ1v) is 7.25. The van der Waals surface area contributed by atoms with Crippen molar-refractivity contribution in [1.29, 1.82) is 0 Å². The first-order valence-electron chi connectivity index (χ1n) is 7.25. The van der Waals surface area contributed by atoms with E-state index >= 15 is 0 Å². The Morgan fingerprint density at radius 1 is 1.24 bits per heavy atom. The highest BCUT2D eigenvalue weighted by Crippen LogP contribution is 2.07. The summed E-state index contributed by atoms with van der Waals surface area (Å²) >= 11 is 0. The van der Waals surface area contributed by atoms with Gasteiger partial charge in [-0.25, -0.2) is 0 Å². The third-order valence-corrected chi connectivity index (χ3v) is 3.07. The van der Waals surface area contributed by atoms with Crippen LogP contribution in [0.15, 0.2) is 24.3 Å². The monoisotopic (exact) mass is 291 g/mol. The number of nitrogens with zero attached hydrogens (tertiary/aromatic N) is 1. The van der Waals surface area contributed by atoms with Gasteiger partial charge >= 0.3 is 0 Å². The molecule has 5 heteroatoms. The number of carbonyl (C=O) groups excluding carboxylic acids is 2. The van der Waals surface area contributed by atoms with E-state index in [0.717, 1.165) is 12.0 Å². The maximum absolute atomic E-state index is 12.2. The van der Waals surface area contributed by atoms with E-state index in [1.807, 2.05) is 26.0 Å². The first-order chi connectivity index (χ1) is 9.93. The standard InChI is InChI=1S/C16H25N3O2/c1-12(2)10-18-15(20)11-19(3)16(21)14-6-4-13(5-7-14)8-9-17/h4-7,12H,8-11,17H2,1-3H3,(H,18,20). The maximum Gasteiger partial charge on any atom is 0.254 e. The number of hydrogen-bond acceptors (Lipinski definition) is 3. The normalized spacial score (nSPS) is 10.5. The van der Waals surface area contributed by atoms with Gasteiger partial charge in [-0.15, -0.1) is 0 Å². The van der Waals surface area contributed by atoms with E-state index in [1.165, 1.54) is 4.90 Å². The number of nitrogens with one attached hydrogen (secondary N) is 1. The fourth-order valence-corrected chi connectivity index (χ4v) is 1.86. The predicted molar refractivity (Wildman–Crippen MR) is 84.0 cm³/mol. The zero-order valence-corrected chi connectivity index (χ0v) is 13.1. The van der Waals surface area contributed by atoms with Gasteiger partial charge in [0.2, 0.25) is 5.91 Å². The van der Waals surface area contributed by atoms with Crippen molar-refractivity contribution in [2.75, 3.05) is 26.7 Å². The minimum atomic E-state index is -0.158. The molecular weight excluding hydrogens is 266 g/mol. The Balaban J connectivity index is 2.55. The second-order valence-corrected chi connectivity index (χ2v) is 5.59. The van der Waals surface area contributed by atoms with E-state index in [4.69, 9.17) is 5.73 Å². The van der Waals surface area contributed by atoms with Gasteiger partial charge in [-0.2, -0.15) is 0 Å². The first kappa shape index (κ1) is 17.2. The van der Waals surface area contributed by atoms with E-state index in [1.54, 1.807) is 19.2 Å². The summed E-state index contributed by atoms with van der Waals surface area (Å²) in [5.74, 6) is 0.0957. The van der Waals surface area contributed by atoms with Crippen LogP contribution in [0.5, 0.6) is 0 Å². The Morgan fingerprint density at radius 3 is 2.38 bits per heavy atom.